The molecule has 4 rings (SSSR count). The Balaban J connectivity index is 1.54. The first-order chi connectivity index (χ1) is 11.3. The average molecular weight is 305 g/mol. The predicted molar refractivity (Wildman–Crippen MR) is 89.1 cm³/mol. The van der Waals surface area contributed by atoms with Gasteiger partial charge < -0.3 is 15.4 Å². The Morgan fingerprint density at radius 1 is 1.04 bits per heavy atom. The minimum atomic E-state index is -0.632. The molecule has 0 saturated carbocycles. The van der Waals surface area contributed by atoms with Gasteiger partial charge in [0.05, 0.1) is 12.4 Å². The summed E-state index contributed by atoms with van der Waals surface area (Å²) in [6.07, 6.45) is 2.39. The maximum absolute atomic E-state index is 10.4. The lowest BCUT2D eigenvalue weighted by Gasteiger charge is -2.13. The van der Waals surface area contributed by atoms with E-state index in [1.54, 1.807) is 6.33 Å². The van der Waals surface area contributed by atoms with Crippen LogP contribution >= 0.6 is 0 Å². The number of benzene rings is 2. The summed E-state index contributed by atoms with van der Waals surface area (Å²) in [5, 5.41) is 15.9. The topological polar surface area (TPSA) is 86.7 Å². The molecule has 0 unspecified atom stereocenters. The van der Waals surface area contributed by atoms with E-state index in [-0.39, 0.29) is 0 Å². The van der Waals surface area contributed by atoms with Gasteiger partial charge >= 0.3 is 0 Å². The molecule has 4 aromatic rings. The van der Waals surface area contributed by atoms with Gasteiger partial charge in [-0.15, -0.1) is 0 Å². The van der Waals surface area contributed by atoms with Crippen molar-refractivity contribution in [2.24, 2.45) is 0 Å². The van der Waals surface area contributed by atoms with Gasteiger partial charge in [-0.05, 0) is 22.4 Å². The Morgan fingerprint density at radius 2 is 1.91 bits per heavy atom. The van der Waals surface area contributed by atoms with E-state index in [4.69, 9.17) is 0 Å². The number of aliphatic hydroxyl groups is 1. The fourth-order valence-electron chi connectivity index (χ4n) is 2.63. The van der Waals surface area contributed by atoms with Crippen molar-refractivity contribution in [3.63, 3.8) is 0 Å². The molecule has 0 bridgehead atoms. The van der Waals surface area contributed by atoms with Crippen molar-refractivity contribution in [1.29, 1.82) is 0 Å². The Morgan fingerprint density at radius 3 is 2.83 bits per heavy atom. The van der Waals surface area contributed by atoms with Crippen molar-refractivity contribution >= 4 is 27.8 Å². The molecule has 0 radical (unpaired) electrons. The molecule has 6 heteroatoms. The van der Waals surface area contributed by atoms with E-state index in [2.05, 4.69) is 31.3 Å². The zero-order valence-electron chi connectivity index (χ0n) is 12.3. The number of fused-ring (bicyclic) bond motifs is 2. The number of nitrogens with zero attached hydrogens (tertiary/aromatic N) is 3. The minimum absolute atomic E-state index is 0.351. The van der Waals surface area contributed by atoms with Crippen LogP contribution in [0.5, 0.6) is 0 Å². The van der Waals surface area contributed by atoms with Gasteiger partial charge in [-0.1, -0.05) is 36.4 Å². The van der Waals surface area contributed by atoms with E-state index in [9.17, 15) is 5.11 Å². The summed E-state index contributed by atoms with van der Waals surface area (Å²) in [5.74, 6) is 0.632. The largest absolute Gasteiger partial charge is 0.387 e. The third-order valence-electron chi connectivity index (χ3n) is 3.84. The van der Waals surface area contributed by atoms with Crippen molar-refractivity contribution in [3.05, 3.63) is 60.7 Å². The number of aromatic nitrogens is 4. The van der Waals surface area contributed by atoms with Gasteiger partial charge in [0.25, 0.3) is 0 Å². The van der Waals surface area contributed by atoms with Crippen LogP contribution in [0.4, 0.5) is 5.82 Å². The van der Waals surface area contributed by atoms with E-state index in [0.29, 0.717) is 18.0 Å². The van der Waals surface area contributed by atoms with Gasteiger partial charge in [-0.3, -0.25) is 0 Å². The second-order valence-electron chi connectivity index (χ2n) is 5.33. The number of nitrogens with one attached hydrogen (secondary N) is 2. The number of imidazole rings is 1. The first kappa shape index (κ1) is 13.7. The predicted octanol–water partition coefficient (Wildman–Crippen LogP) is 2.65. The Hall–Kier alpha value is -2.99. The van der Waals surface area contributed by atoms with Crippen LogP contribution in [0.1, 0.15) is 11.7 Å². The normalized spacial score (nSPS) is 12.6. The third kappa shape index (κ3) is 2.60. The first-order valence-corrected chi connectivity index (χ1v) is 7.36. The number of H-pyrrole nitrogens is 1. The van der Waals surface area contributed by atoms with Crippen LogP contribution in [0, 0.1) is 0 Å². The van der Waals surface area contributed by atoms with Crippen molar-refractivity contribution in [1.82, 2.24) is 19.9 Å². The average Bonchev–Trinajstić information content (AvgIpc) is 3.08. The van der Waals surface area contributed by atoms with Crippen molar-refractivity contribution < 1.29 is 5.11 Å². The fraction of sp³-hybridized carbons (Fsp3) is 0.118. The molecule has 2 aromatic heterocycles. The van der Waals surface area contributed by atoms with Gasteiger partial charge in [0.2, 0.25) is 0 Å². The van der Waals surface area contributed by atoms with Gasteiger partial charge in [0, 0.05) is 6.54 Å². The highest BCUT2D eigenvalue weighted by Gasteiger charge is 2.11. The standard InChI is InChI=1S/C17H15N5O/c23-14(13-6-5-11-3-1-2-4-12(11)7-13)8-18-16-15-17(20-9-19-15)22-10-21-16/h1-7,9-10,14,23H,8H2,(H2,18,19,20,21,22)/t14-/m1/s1. The SMILES string of the molecule is O[C@H](CNc1ncnc2nc[nH]c12)c1ccc2ccccc2c1. The number of aromatic amines is 1. The molecule has 2 aromatic carbocycles. The number of hydrogen-bond acceptors (Lipinski definition) is 5. The van der Waals surface area contributed by atoms with Crippen LogP contribution in [0.3, 0.4) is 0 Å². The highest BCUT2D eigenvalue weighted by molar-refractivity contribution is 5.83. The number of aliphatic hydroxyl groups excluding tert-OH is 1. The molecule has 114 valence electrons. The van der Waals surface area contributed by atoms with Crippen LogP contribution in [0.2, 0.25) is 0 Å². The summed E-state index contributed by atoms with van der Waals surface area (Å²) in [4.78, 5) is 15.3. The van der Waals surface area contributed by atoms with E-state index in [1.165, 1.54) is 6.33 Å². The Labute approximate surface area is 132 Å². The summed E-state index contributed by atoms with van der Waals surface area (Å²) in [6, 6.07) is 14.1. The first-order valence-electron chi connectivity index (χ1n) is 7.36. The van der Waals surface area contributed by atoms with Crippen LogP contribution in [0.25, 0.3) is 21.9 Å². The molecule has 6 nitrogen and oxygen atoms in total. The maximum atomic E-state index is 10.4. The van der Waals surface area contributed by atoms with Crippen molar-refractivity contribution in [3.8, 4) is 0 Å². The zero-order chi connectivity index (χ0) is 15.6. The van der Waals surface area contributed by atoms with Crippen LogP contribution < -0.4 is 5.32 Å². The van der Waals surface area contributed by atoms with Gasteiger partial charge in [-0.2, -0.15) is 0 Å². The molecule has 0 amide bonds. The molecule has 2 heterocycles. The third-order valence-corrected chi connectivity index (χ3v) is 3.84. The maximum Gasteiger partial charge on any atom is 0.182 e. The molecule has 1 atom stereocenters. The lowest BCUT2D eigenvalue weighted by atomic mass is 10.0. The molecular formula is C17H15N5O. The van der Waals surface area contributed by atoms with E-state index < -0.39 is 6.10 Å². The van der Waals surface area contributed by atoms with Gasteiger partial charge in [-0.25, -0.2) is 15.0 Å². The van der Waals surface area contributed by atoms with Gasteiger partial charge in [0.15, 0.2) is 11.5 Å². The van der Waals surface area contributed by atoms with Crippen LogP contribution in [-0.2, 0) is 0 Å². The Kier molecular flexibility index (Phi) is 3.36. The highest BCUT2D eigenvalue weighted by Crippen LogP contribution is 2.21. The summed E-state index contributed by atoms with van der Waals surface area (Å²) < 4.78 is 0. The van der Waals surface area contributed by atoms with Crippen LogP contribution in [-0.4, -0.2) is 31.6 Å². The zero-order valence-corrected chi connectivity index (χ0v) is 12.3. The van der Waals surface area contributed by atoms with Crippen molar-refractivity contribution in [2.45, 2.75) is 6.10 Å². The molecule has 0 fully saturated rings. The quantitative estimate of drug-likeness (QED) is 0.539. The van der Waals surface area contributed by atoms with Crippen LogP contribution in [0.15, 0.2) is 55.1 Å². The molecule has 0 aliphatic heterocycles. The molecule has 0 aliphatic rings. The molecule has 3 N–H and O–H groups in total. The molecule has 0 saturated heterocycles. The number of anilines is 1. The number of rotatable bonds is 4. The van der Waals surface area contributed by atoms with E-state index in [0.717, 1.165) is 21.9 Å². The molecular weight excluding hydrogens is 290 g/mol. The highest BCUT2D eigenvalue weighted by atomic mass is 16.3. The molecule has 23 heavy (non-hydrogen) atoms. The summed E-state index contributed by atoms with van der Waals surface area (Å²) >= 11 is 0. The van der Waals surface area contributed by atoms with E-state index in [1.807, 2.05) is 36.4 Å². The fourth-order valence-corrected chi connectivity index (χ4v) is 2.63. The summed E-state index contributed by atoms with van der Waals surface area (Å²) in [6.45, 7) is 0.351. The number of hydrogen-bond donors (Lipinski definition) is 3. The summed E-state index contributed by atoms with van der Waals surface area (Å²) in [5.41, 5.74) is 2.20. The Bertz CT molecular complexity index is 965. The lowest BCUT2D eigenvalue weighted by molar-refractivity contribution is 0.191. The molecule has 0 spiro atoms. The second-order valence-corrected chi connectivity index (χ2v) is 5.33. The monoisotopic (exact) mass is 305 g/mol. The van der Waals surface area contributed by atoms with Gasteiger partial charge in [0.1, 0.15) is 11.8 Å². The summed E-state index contributed by atoms with van der Waals surface area (Å²) in [7, 11) is 0. The van der Waals surface area contributed by atoms with Crippen molar-refractivity contribution in [2.75, 3.05) is 11.9 Å². The minimum Gasteiger partial charge on any atom is -0.387 e. The van der Waals surface area contributed by atoms with E-state index >= 15 is 0 Å². The second kappa shape index (κ2) is 5.66. The lowest BCUT2D eigenvalue weighted by Crippen LogP contribution is -2.13. The smallest absolute Gasteiger partial charge is 0.182 e. The molecule has 0 aliphatic carbocycles.